The van der Waals surface area contributed by atoms with Gasteiger partial charge in [0.2, 0.25) is 0 Å². The maximum Gasteiger partial charge on any atom is 0.309 e. The zero-order valence-corrected chi connectivity index (χ0v) is 15.8. The highest BCUT2D eigenvalue weighted by Gasteiger charge is 2.32. The summed E-state index contributed by atoms with van der Waals surface area (Å²) >= 11 is 5.93. The SMILES string of the molecule is CC(C)(Cc1cc2nc(Cl)ccc2n1S(=O)(=O)c1ccccc1)C(=O)O. The van der Waals surface area contributed by atoms with Crippen molar-refractivity contribution in [1.82, 2.24) is 8.96 Å². The number of benzene rings is 1. The van der Waals surface area contributed by atoms with Crippen molar-refractivity contribution in [2.75, 3.05) is 0 Å². The van der Waals surface area contributed by atoms with Crippen LogP contribution in [0.4, 0.5) is 0 Å². The van der Waals surface area contributed by atoms with Gasteiger partial charge in [-0.15, -0.1) is 0 Å². The molecule has 2 aromatic heterocycles. The first-order valence-electron chi connectivity index (χ1n) is 7.84. The van der Waals surface area contributed by atoms with Gasteiger partial charge in [-0.2, -0.15) is 0 Å². The standard InChI is InChI=1S/C18H17ClN2O4S/c1-18(2,17(22)23)11-12-10-14-15(8-9-16(19)20-14)21(12)26(24,25)13-6-4-3-5-7-13/h3-10H,11H2,1-2H3,(H,22,23). The zero-order valence-electron chi connectivity index (χ0n) is 14.2. The summed E-state index contributed by atoms with van der Waals surface area (Å²) in [5.74, 6) is -1.02. The van der Waals surface area contributed by atoms with Crippen LogP contribution in [-0.2, 0) is 21.2 Å². The lowest BCUT2D eigenvalue weighted by atomic mass is 9.88. The van der Waals surface area contributed by atoms with Crippen LogP contribution in [0.25, 0.3) is 11.0 Å². The highest BCUT2D eigenvalue weighted by molar-refractivity contribution is 7.90. The van der Waals surface area contributed by atoms with Gasteiger partial charge in [-0.1, -0.05) is 29.8 Å². The Morgan fingerprint density at radius 2 is 1.85 bits per heavy atom. The summed E-state index contributed by atoms with van der Waals surface area (Å²) in [6.45, 7) is 3.10. The van der Waals surface area contributed by atoms with E-state index >= 15 is 0 Å². The maximum atomic E-state index is 13.2. The van der Waals surface area contributed by atoms with E-state index in [2.05, 4.69) is 4.98 Å². The molecule has 0 radical (unpaired) electrons. The number of rotatable bonds is 5. The Labute approximate surface area is 156 Å². The lowest BCUT2D eigenvalue weighted by Crippen LogP contribution is -2.28. The Hall–Kier alpha value is -2.38. The zero-order chi connectivity index (χ0) is 19.1. The van der Waals surface area contributed by atoms with Crippen LogP contribution < -0.4 is 0 Å². The fourth-order valence-corrected chi connectivity index (χ4v) is 4.43. The van der Waals surface area contributed by atoms with Crippen molar-refractivity contribution in [3.8, 4) is 0 Å². The first kappa shape index (κ1) is 18.4. The van der Waals surface area contributed by atoms with Crippen LogP contribution in [0.3, 0.4) is 0 Å². The van der Waals surface area contributed by atoms with Crippen LogP contribution in [0.15, 0.2) is 53.4 Å². The summed E-state index contributed by atoms with van der Waals surface area (Å²) in [5, 5.41) is 9.67. The minimum atomic E-state index is -3.92. The van der Waals surface area contributed by atoms with Crippen molar-refractivity contribution < 1.29 is 18.3 Å². The molecule has 0 unspecified atom stereocenters. The van der Waals surface area contributed by atoms with Gasteiger partial charge in [0.25, 0.3) is 10.0 Å². The van der Waals surface area contributed by atoms with Crippen LogP contribution in [0.5, 0.6) is 0 Å². The lowest BCUT2D eigenvalue weighted by molar-refractivity contribution is -0.146. The molecule has 1 aromatic carbocycles. The number of halogens is 1. The molecule has 3 rings (SSSR count). The molecule has 0 aliphatic heterocycles. The van der Waals surface area contributed by atoms with Crippen LogP contribution in [0.2, 0.25) is 5.15 Å². The van der Waals surface area contributed by atoms with E-state index in [1.807, 2.05) is 0 Å². The second kappa shape index (κ2) is 6.41. The third kappa shape index (κ3) is 3.20. The van der Waals surface area contributed by atoms with Crippen molar-refractivity contribution in [2.24, 2.45) is 5.41 Å². The van der Waals surface area contributed by atoms with Gasteiger partial charge < -0.3 is 5.11 Å². The Morgan fingerprint density at radius 3 is 2.46 bits per heavy atom. The van der Waals surface area contributed by atoms with Gasteiger partial charge >= 0.3 is 5.97 Å². The Bertz CT molecular complexity index is 1090. The molecule has 0 spiro atoms. The molecule has 2 heterocycles. The highest BCUT2D eigenvalue weighted by atomic mass is 35.5. The molecule has 0 fully saturated rings. The fraction of sp³-hybridized carbons (Fsp3) is 0.222. The Morgan fingerprint density at radius 1 is 1.19 bits per heavy atom. The first-order chi connectivity index (χ1) is 12.1. The second-order valence-electron chi connectivity index (χ2n) is 6.62. The minimum Gasteiger partial charge on any atom is -0.481 e. The normalized spacial score (nSPS) is 12.4. The van der Waals surface area contributed by atoms with E-state index in [-0.39, 0.29) is 16.5 Å². The van der Waals surface area contributed by atoms with Gasteiger partial charge in [-0.25, -0.2) is 17.4 Å². The van der Waals surface area contributed by atoms with Gasteiger partial charge in [-0.05, 0) is 44.2 Å². The lowest BCUT2D eigenvalue weighted by Gasteiger charge is -2.20. The molecule has 3 aromatic rings. The number of carboxylic acid groups (broad SMARTS) is 1. The fourth-order valence-electron chi connectivity index (χ4n) is 2.72. The summed E-state index contributed by atoms with van der Waals surface area (Å²) in [6, 6.07) is 12.6. The maximum absolute atomic E-state index is 13.2. The van der Waals surface area contributed by atoms with Crippen molar-refractivity contribution in [1.29, 1.82) is 0 Å². The third-order valence-electron chi connectivity index (χ3n) is 4.13. The number of carbonyl (C=O) groups is 1. The number of fused-ring (bicyclic) bond motifs is 1. The van der Waals surface area contributed by atoms with E-state index in [0.29, 0.717) is 16.7 Å². The monoisotopic (exact) mass is 392 g/mol. The molecular formula is C18H17ClN2O4S. The predicted molar refractivity (Wildman–Crippen MR) is 98.9 cm³/mol. The molecule has 0 saturated carbocycles. The predicted octanol–water partition coefficient (Wildman–Crippen LogP) is 3.58. The molecule has 0 atom stereocenters. The molecule has 136 valence electrons. The van der Waals surface area contributed by atoms with Crippen LogP contribution in [0, 0.1) is 5.41 Å². The number of nitrogens with zero attached hydrogens (tertiary/aromatic N) is 2. The summed E-state index contributed by atoms with van der Waals surface area (Å²) in [7, 11) is -3.92. The molecule has 1 N–H and O–H groups in total. The van der Waals surface area contributed by atoms with E-state index in [1.165, 1.54) is 18.2 Å². The number of aromatic nitrogens is 2. The molecule has 0 aliphatic rings. The molecule has 0 amide bonds. The largest absolute Gasteiger partial charge is 0.481 e. The van der Waals surface area contributed by atoms with E-state index in [0.717, 1.165) is 3.97 Å². The quantitative estimate of drug-likeness (QED) is 0.670. The molecule has 0 aliphatic carbocycles. The van der Waals surface area contributed by atoms with Crippen molar-refractivity contribution in [3.05, 3.63) is 59.4 Å². The number of hydrogen-bond acceptors (Lipinski definition) is 4. The average molecular weight is 393 g/mol. The summed E-state index contributed by atoms with van der Waals surface area (Å²) < 4.78 is 27.6. The van der Waals surface area contributed by atoms with Crippen LogP contribution in [-0.4, -0.2) is 28.5 Å². The van der Waals surface area contributed by atoms with Crippen LogP contribution in [0.1, 0.15) is 19.5 Å². The minimum absolute atomic E-state index is 0.0162. The molecule has 6 nitrogen and oxygen atoms in total. The van der Waals surface area contributed by atoms with Gasteiger partial charge in [0.1, 0.15) is 5.15 Å². The van der Waals surface area contributed by atoms with E-state index < -0.39 is 21.4 Å². The Balaban J connectivity index is 2.29. The van der Waals surface area contributed by atoms with Crippen molar-refractivity contribution >= 4 is 38.6 Å². The molecule has 26 heavy (non-hydrogen) atoms. The van der Waals surface area contributed by atoms with Gasteiger partial charge in [0.05, 0.1) is 21.3 Å². The third-order valence-corrected chi connectivity index (χ3v) is 6.13. The highest BCUT2D eigenvalue weighted by Crippen LogP contribution is 2.30. The first-order valence-corrected chi connectivity index (χ1v) is 9.66. The topological polar surface area (TPSA) is 89.3 Å². The van der Waals surface area contributed by atoms with Gasteiger partial charge in [0.15, 0.2) is 0 Å². The summed E-state index contributed by atoms with van der Waals surface area (Å²) in [6.07, 6.45) is 0.0162. The summed E-state index contributed by atoms with van der Waals surface area (Å²) in [5.41, 5.74) is -0.0593. The molecular weight excluding hydrogens is 376 g/mol. The number of hydrogen-bond donors (Lipinski definition) is 1. The average Bonchev–Trinajstić information content (AvgIpc) is 2.92. The van der Waals surface area contributed by atoms with E-state index in [9.17, 15) is 18.3 Å². The van der Waals surface area contributed by atoms with E-state index in [4.69, 9.17) is 11.6 Å². The van der Waals surface area contributed by atoms with Crippen molar-refractivity contribution in [3.63, 3.8) is 0 Å². The van der Waals surface area contributed by atoms with Crippen molar-refractivity contribution in [2.45, 2.75) is 25.2 Å². The number of carboxylic acids is 1. The number of aliphatic carboxylic acids is 1. The van der Waals surface area contributed by atoms with Gasteiger partial charge in [0, 0.05) is 12.1 Å². The number of pyridine rings is 1. The van der Waals surface area contributed by atoms with E-state index in [1.54, 1.807) is 44.2 Å². The van der Waals surface area contributed by atoms with Crippen LogP contribution >= 0.6 is 11.6 Å². The molecule has 0 bridgehead atoms. The second-order valence-corrected chi connectivity index (χ2v) is 8.80. The molecule has 8 heteroatoms. The molecule has 0 saturated heterocycles. The summed E-state index contributed by atoms with van der Waals surface area (Å²) in [4.78, 5) is 15.8. The Kier molecular flexibility index (Phi) is 4.54. The van der Waals surface area contributed by atoms with Gasteiger partial charge in [-0.3, -0.25) is 4.79 Å². The smallest absolute Gasteiger partial charge is 0.309 e.